The minimum atomic E-state index is -0.00389. The third-order valence-corrected chi connectivity index (χ3v) is 3.32. The maximum absolute atomic E-state index is 11.9. The summed E-state index contributed by atoms with van der Waals surface area (Å²) in [5.41, 5.74) is 2.57. The van der Waals surface area contributed by atoms with Gasteiger partial charge in [0.1, 0.15) is 0 Å². The van der Waals surface area contributed by atoms with Gasteiger partial charge in [0, 0.05) is 31.3 Å². The molecule has 1 aliphatic rings. The maximum Gasteiger partial charge on any atom is 0.227 e. The number of carbonyl (C=O) groups is 2. The van der Waals surface area contributed by atoms with Crippen LogP contribution in [0.15, 0.2) is 18.2 Å². The Labute approximate surface area is 112 Å². The Hall–Kier alpha value is -1.72. The van der Waals surface area contributed by atoms with Crippen molar-refractivity contribution in [3.8, 4) is 0 Å². The van der Waals surface area contributed by atoms with Crippen molar-refractivity contribution < 1.29 is 14.7 Å². The van der Waals surface area contributed by atoms with Gasteiger partial charge in [0.05, 0.1) is 13.2 Å². The number of carbonyl (C=O) groups excluding carboxylic acids is 2. The molecule has 2 rings (SSSR count). The molecule has 0 radical (unpaired) electrons. The molecular formula is C14H18N2O3. The summed E-state index contributed by atoms with van der Waals surface area (Å²) in [5, 5.41) is 11.5. The van der Waals surface area contributed by atoms with Crippen LogP contribution in [0, 0.1) is 0 Å². The number of amides is 1. The van der Waals surface area contributed by atoms with Gasteiger partial charge in [-0.1, -0.05) is 0 Å². The first-order valence-electron chi connectivity index (χ1n) is 6.37. The third-order valence-electron chi connectivity index (χ3n) is 3.32. The predicted octanol–water partition coefficient (Wildman–Crippen LogP) is 0.360. The lowest BCUT2D eigenvalue weighted by Crippen LogP contribution is -2.31. The minimum Gasteiger partial charge on any atom is -0.395 e. The lowest BCUT2D eigenvalue weighted by Gasteiger charge is -2.26. The Kier molecular flexibility index (Phi) is 4.29. The number of nitrogens with zero attached hydrogens (tertiary/aromatic N) is 1. The summed E-state index contributed by atoms with van der Waals surface area (Å²) >= 11 is 0. The summed E-state index contributed by atoms with van der Waals surface area (Å²) in [4.78, 5) is 25.1. The Morgan fingerprint density at radius 3 is 2.95 bits per heavy atom. The summed E-state index contributed by atoms with van der Waals surface area (Å²) in [6.45, 7) is 0.645. The van der Waals surface area contributed by atoms with Gasteiger partial charge in [-0.05, 0) is 30.2 Å². The fourth-order valence-corrected chi connectivity index (χ4v) is 2.21. The van der Waals surface area contributed by atoms with E-state index in [9.17, 15) is 9.59 Å². The number of hydrogen-bond acceptors (Lipinski definition) is 4. The van der Waals surface area contributed by atoms with E-state index in [4.69, 9.17) is 5.11 Å². The monoisotopic (exact) mass is 262 g/mol. The van der Waals surface area contributed by atoms with Crippen molar-refractivity contribution in [2.75, 3.05) is 31.6 Å². The first-order chi connectivity index (χ1) is 9.13. The number of hydrogen-bond donors (Lipinski definition) is 2. The van der Waals surface area contributed by atoms with Crippen LogP contribution in [0.5, 0.6) is 0 Å². The van der Waals surface area contributed by atoms with Crippen molar-refractivity contribution in [2.45, 2.75) is 12.8 Å². The number of aliphatic hydroxyl groups excluding tert-OH is 1. The molecule has 0 aliphatic carbocycles. The highest BCUT2D eigenvalue weighted by atomic mass is 16.3. The number of nitrogens with one attached hydrogen (secondary N) is 1. The molecule has 0 spiro atoms. The Balaban J connectivity index is 2.13. The van der Waals surface area contributed by atoms with Gasteiger partial charge in [0.15, 0.2) is 5.78 Å². The Morgan fingerprint density at radius 1 is 1.42 bits per heavy atom. The SMILES string of the molecule is CN1C(=O)CCc2cc(C(=O)CNCCO)ccc21. The highest BCUT2D eigenvalue weighted by Gasteiger charge is 2.21. The second-order valence-electron chi connectivity index (χ2n) is 4.62. The molecule has 0 aromatic heterocycles. The summed E-state index contributed by atoms with van der Waals surface area (Å²) in [6.07, 6.45) is 1.17. The van der Waals surface area contributed by atoms with Gasteiger partial charge in [-0.25, -0.2) is 0 Å². The van der Waals surface area contributed by atoms with E-state index in [0.717, 1.165) is 11.3 Å². The number of aryl methyl sites for hydroxylation is 1. The van der Waals surface area contributed by atoms with Crippen LogP contribution in [-0.2, 0) is 11.2 Å². The molecule has 1 aliphatic heterocycles. The molecule has 0 unspecified atom stereocenters. The van der Waals surface area contributed by atoms with Crippen molar-refractivity contribution in [3.63, 3.8) is 0 Å². The zero-order valence-corrected chi connectivity index (χ0v) is 11.0. The summed E-state index contributed by atoms with van der Waals surface area (Å²) in [6, 6.07) is 5.43. The number of ketones is 1. The summed E-state index contributed by atoms with van der Waals surface area (Å²) < 4.78 is 0. The number of anilines is 1. The lowest BCUT2D eigenvalue weighted by atomic mass is 9.97. The van der Waals surface area contributed by atoms with Gasteiger partial charge in [-0.15, -0.1) is 0 Å². The van der Waals surface area contributed by atoms with Gasteiger partial charge in [-0.3, -0.25) is 9.59 Å². The number of fused-ring (bicyclic) bond motifs is 1. The van der Waals surface area contributed by atoms with Crippen LogP contribution in [0.2, 0.25) is 0 Å². The van der Waals surface area contributed by atoms with E-state index in [0.29, 0.717) is 24.9 Å². The number of Topliss-reactive ketones (excluding diaryl/α,β-unsaturated/α-hetero) is 1. The van der Waals surface area contributed by atoms with Gasteiger partial charge in [0.25, 0.3) is 0 Å². The second-order valence-corrected chi connectivity index (χ2v) is 4.62. The molecular weight excluding hydrogens is 244 g/mol. The van der Waals surface area contributed by atoms with Crippen LogP contribution < -0.4 is 10.2 Å². The normalized spacial score (nSPS) is 14.4. The molecule has 1 aromatic rings. The minimum absolute atomic E-state index is 0.00389. The quantitative estimate of drug-likeness (QED) is 0.594. The molecule has 1 aromatic carbocycles. The van der Waals surface area contributed by atoms with Crippen LogP contribution in [0.3, 0.4) is 0 Å². The fourth-order valence-electron chi connectivity index (χ4n) is 2.21. The topological polar surface area (TPSA) is 69.6 Å². The number of rotatable bonds is 5. The van der Waals surface area contributed by atoms with Crippen molar-refractivity contribution >= 4 is 17.4 Å². The zero-order chi connectivity index (χ0) is 13.8. The van der Waals surface area contributed by atoms with Gasteiger partial charge < -0.3 is 15.3 Å². The summed E-state index contributed by atoms with van der Waals surface area (Å²) in [5.74, 6) is 0.104. The molecule has 1 heterocycles. The molecule has 0 fully saturated rings. The van der Waals surface area contributed by atoms with Crippen LogP contribution in [0.1, 0.15) is 22.3 Å². The second kappa shape index (κ2) is 5.95. The van der Waals surface area contributed by atoms with Crippen molar-refractivity contribution in [1.29, 1.82) is 0 Å². The van der Waals surface area contributed by atoms with Crippen molar-refractivity contribution in [2.24, 2.45) is 0 Å². The molecule has 0 saturated carbocycles. The zero-order valence-electron chi connectivity index (χ0n) is 11.0. The maximum atomic E-state index is 11.9. The fraction of sp³-hybridized carbons (Fsp3) is 0.429. The van der Waals surface area contributed by atoms with E-state index in [-0.39, 0.29) is 24.8 Å². The van der Waals surface area contributed by atoms with E-state index in [1.807, 2.05) is 12.1 Å². The Morgan fingerprint density at radius 2 is 2.21 bits per heavy atom. The van der Waals surface area contributed by atoms with Crippen LogP contribution in [-0.4, -0.2) is 43.5 Å². The van der Waals surface area contributed by atoms with E-state index >= 15 is 0 Å². The molecule has 19 heavy (non-hydrogen) atoms. The van der Waals surface area contributed by atoms with Crippen LogP contribution in [0.4, 0.5) is 5.69 Å². The van der Waals surface area contributed by atoms with Crippen LogP contribution in [0.25, 0.3) is 0 Å². The van der Waals surface area contributed by atoms with Crippen molar-refractivity contribution in [1.82, 2.24) is 5.32 Å². The number of benzene rings is 1. The Bertz CT molecular complexity index is 499. The smallest absolute Gasteiger partial charge is 0.227 e. The highest BCUT2D eigenvalue weighted by Crippen LogP contribution is 2.27. The third kappa shape index (κ3) is 3.00. The molecule has 0 saturated heterocycles. The molecule has 5 nitrogen and oxygen atoms in total. The summed E-state index contributed by atoms with van der Waals surface area (Å²) in [7, 11) is 1.75. The first kappa shape index (κ1) is 13.7. The van der Waals surface area contributed by atoms with E-state index in [1.165, 1.54) is 0 Å². The molecule has 5 heteroatoms. The van der Waals surface area contributed by atoms with Crippen LogP contribution >= 0.6 is 0 Å². The average molecular weight is 262 g/mol. The molecule has 0 atom stereocenters. The average Bonchev–Trinajstić information content (AvgIpc) is 2.43. The predicted molar refractivity (Wildman–Crippen MR) is 72.5 cm³/mol. The molecule has 0 bridgehead atoms. The first-order valence-corrected chi connectivity index (χ1v) is 6.37. The van der Waals surface area contributed by atoms with E-state index < -0.39 is 0 Å². The van der Waals surface area contributed by atoms with Gasteiger partial charge in [0.2, 0.25) is 5.91 Å². The van der Waals surface area contributed by atoms with Gasteiger partial charge >= 0.3 is 0 Å². The van der Waals surface area contributed by atoms with E-state index in [2.05, 4.69) is 5.32 Å². The van der Waals surface area contributed by atoms with E-state index in [1.54, 1.807) is 18.0 Å². The standard InChI is InChI=1S/C14H18N2O3/c1-16-12-4-2-11(13(18)9-15-6-7-17)8-10(12)3-5-14(16)19/h2,4,8,15,17H,3,5-7,9H2,1H3. The van der Waals surface area contributed by atoms with Crippen molar-refractivity contribution in [3.05, 3.63) is 29.3 Å². The largest absolute Gasteiger partial charge is 0.395 e. The van der Waals surface area contributed by atoms with Gasteiger partial charge in [-0.2, -0.15) is 0 Å². The number of aliphatic hydroxyl groups is 1. The lowest BCUT2D eigenvalue weighted by molar-refractivity contribution is -0.118. The molecule has 1 amide bonds. The highest BCUT2D eigenvalue weighted by molar-refractivity contribution is 6.00. The molecule has 2 N–H and O–H groups in total. The molecule has 102 valence electrons.